The second-order valence-corrected chi connectivity index (χ2v) is 4.95. The third-order valence-electron chi connectivity index (χ3n) is 3.43. The van der Waals surface area contributed by atoms with Crippen LogP contribution in [0.4, 0.5) is 0 Å². The number of fused-ring (bicyclic) bond motifs is 1. The second-order valence-electron chi connectivity index (χ2n) is 4.51. The molecule has 1 aromatic heterocycles. The first-order chi connectivity index (χ1) is 7.66. The van der Waals surface area contributed by atoms with E-state index in [-0.39, 0.29) is 5.41 Å². The van der Waals surface area contributed by atoms with Crippen molar-refractivity contribution in [1.29, 1.82) is 5.26 Å². The minimum atomic E-state index is -0.246. The first-order valence-corrected chi connectivity index (χ1v) is 5.70. The maximum absolute atomic E-state index is 9.26. The van der Waals surface area contributed by atoms with E-state index in [2.05, 4.69) is 16.8 Å². The van der Waals surface area contributed by atoms with Gasteiger partial charge in [-0.2, -0.15) is 5.26 Å². The van der Waals surface area contributed by atoms with Crippen LogP contribution in [0, 0.1) is 11.3 Å². The van der Waals surface area contributed by atoms with Gasteiger partial charge in [0.25, 0.3) is 0 Å². The number of nitriles is 1. The first-order valence-electron chi connectivity index (χ1n) is 5.33. The van der Waals surface area contributed by atoms with Gasteiger partial charge >= 0.3 is 0 Å². The number of benzene rings is 1. The highest BCUT2D eigenvalue weighted by Crippen LogP contribution is 2.50. The Morgan fingerprint density at radius 1 is 1.44 bits per heavy atom. The molecule has 3 rings (SSSR count). The van der Waals surface area contributed by atoms with Crippen LogP contribution in [0.5, 0.6) is 0 Å². The Hall–Kier alpha value is -1.46. The lowest BCUT2D eigenvalue weighted by molar-refractivity contribution is 0.888. The predicted molar refractivity (Wildman–Crippen MR) is 64.5 cm³/mol. The molecule has 1 aliphatic carbocycles. The van der Waals surface area contributed by atoms with Gasteiger partial charge in [-0.05, 0) is 36.6 Å². The van der Waals surface area contributed by atoms with Crippen molar-refractivity contribution in [2.45, 2.75) is 18.3 Å². The van der Waals surface area contributed by atoms with Crippen molar-refractivity contribution >= 4 is 22.5 Å². The van der Waals surface area contributed by atoms with Gasteiger partial charge in [-0.15, -0.1) is 0 Å². The van der Waals surface area contributed by atoms with Crippen molar-refractivity contribution < 1.29 is 0 Å². The molecular formula is C13H11ClN2. The van der Waals surface area contributed by atoms with Gasteiger partial charge in [0.1, 0.15) is 0 Å². The quantitative estimate of drug-likeness (QED) is 0.738. The van der Waals surface area contributed by atoms with Crippen LogP contribution < -0.4 is 0 Å². The van der Waals surface area contributed by atoms with Crippen LogP contribution in [0.25, 0.3) is 10.9 Å². The van der Waals surface area contributed by atoms with E-state index in [9.17, 15) is 5.26 Å². The number of hydrogen-bond donors (Lipinski definition) is 0. The molecule has 0 spiro atoms. The van der Waals surface area contributed by atoms with Crippen LogP contribution in [0.2, 0.25) is 5.02 Å². The van der Waals surface area contributed by atoms with Gasteiger partial charge in [-0.3, -0.25) is 0 Å². The minimum Gasteiger partial charge on any atom is -0.350 e. The normalized spacial score (nSPS) is 17.3. The van der Waals surface area contributed by atoms with Crippen molar-refractivity contribution in [2.75, 3.05) is 0 Å². The second kappa shape index (κ2) is 3.02. The van der Waals surface area contributed by atoms with Crippen LogP contribution in [0.1, 0.15) is 18.4 Å². The van der Waals surface area contributed by atoms with E-state index in [0.29, 0.717) is 0 Å². The van der Waals surface area contributed by atoms with Crippen LogP contribution >= 0.6 is 11.6 Å². The predicted octanol–water partition coefficient (Wildman–Crippen LogP) is 3.39. The lowest BCUT2D eigenvalue weighted by Gasteiger charge is -2.03. The van der Waals surface area contributed by atoms with Gasteiger partial charge < -0.3 is 4.57 Å². The standard InChI is InChI=1S/C13H11ClN2/c1-16-7-11(13(8-15)4-5-13)10-6-9(14)2-3-12(10)16/h2-3,6-7H,4-5H2,1H3. The molecule has 1 aromatic carbocycles. The molecular weight excluding hydrogens is 220 g/mol. The molecule has 80 valence electrons. The fraction of sp³-hybridized carbons (Fsp3) is 0.308. The van der Waals surface area contributed by atoms with Crippen LogP contribution in [0.15, 0.2) is 24.4 Å². The Labute approximate surface area is 99.0 Å². The number of nitrogens with zero attached hydrogens (tertiary/aromatic N) is 2. The van der Waals surface area contributed by atoms with Crippen molar-refractivity contribution in [2.24, 2.45) is 7.05 Å². The van der Waals surface area contributed by atoms with Crippen molar-refractivity contribution in [3.63, 3.8) is 0 Å². The van der Waals surface area contributed by atoms with Gasteiger partial charge in [0.05, 0.1) is 11.5 Å². The fourth-order valence-electron chi connectivity index (χ4n) is 2.31. The molecule has 0 amide bonds. The summed E-state index contributed by atoms with van der Waals surface area (Å²) in [7, 11) is 2.01. The molecule has 0 unspecified atom stereocenters. The number of hydrogen-bond acceptors (Lipinski definition) is 1. The molecule has 16 heavy (non-hydrogen) atoms. The monoisotopic (exact) mass is 230 g/mol. The summed E-state index contributed by atoms with van der Waals surface area (Å²) in [5.74, 6) is 0. The van der Waals surface area contributed by atoms with Gasteiger partial charge in [0.2, 0.25) is 0 Å². The molecule has 0 atom stereocenters. The molecule has 0 radical (unpaired) electrons. The molecule has 0 saturated heterocycles. The highest BCUT2D eigenvalue weighted by Gasteiger charge is 2.46. The van der Waals surface area contributed by atoms with Crippen molar-refractivity contribution in [3.8, 4) is 6.07 Å². The largest absolute Gasteiger partial charge is 0.350 e. The average Bonchev–Trinajstić information content (AvgIpc) is 3.00. The van der Waals surface area contributed by atoms with Gasteiger partial charge in [-0.25, -0.2) is 0 Å². The van der Waals surface area contributed by atoms with Crippen molar-refractivity contribution in [3.05, 3.63) is 35.0 Å². The number of aromatic nitrogens is 1. The molecule has 3 heteroatoms. The SMILES string of the molecule is Cn1cc(C2(C#N)CC2)c2cc(Cl)ccc21. The topological polar surface area (TPSA) is 28.7 Å². The third kappa shape index (κ3) is 1.19. The molecule has 2 nitrogen and oxygen atoms in total. The highest BCUT2D eigenvalue weighted by molar-refractivity contribution is 6.31. The molecule has 1 heterocycles. The summed E-state index contributed by atoms with van der Waals surface area (Å²) >= 11 is 6.02. The molecule has 1 fully saturated rings. The number of rotatable bonds is 1. The summed E-state index contributed by atoms with van der Waals surface area (Å²) < 4.78 is 2.07. The summed E-state index contributed by atoms with van der Waals surface area (Å²) in [5, 5.41) is 11.1. The minimum absolute atomic E-state index is 0.246. The Kier molecular flexibility index (Phi) is 1.84. The van der Waals surface area contributed by atoms with E-state index in [1.807, 2.05) is 25.2 Å². The molecule has 2 aromatic rings. The Morgan fingerprint density at radius 3 is 2.81 bits per heavy atom. The number of aryl methyl sites for hydroxylation is 1. The summed E-state index contributed by atoms with van der Waals surface area (Å²) in [6.07, 6.45) is 4.00. The summed E-state index contributed by atoms with van der Waals surface area (Å²) in [5.41, 5.74) is 2.03. The van der Waals surface area contributed by atoms with Crippen LogP contribution in [-0.4, -0.2) is 4.57 Å². The zero-order valence-corrected chi connectivity index (χ0v) is 9.75. The zero-order valence-electron chi connectivity index (χ0n) is 9.00. The summed E-state index contributed by atoms with van der Waals surface area (Å²) in [6, 6.07) is 8.30. The lowest BCUT2D eigenvalue weighted by atomic mass is 9.97. The van der Waals surface area contributed by atoms with E-state index < -0.39 is 0 Å². The molecule has 0 bridgehead atoms. The fourth-order valence-corrected chi connectivity index (χ4v) is 2.48. The molecule has 0 N–H and O–H groups in total. The smallest absolute Gasteiger partial charge is 0.0844 e. The molecule has 0 aliphatic heterocycles. The van der Waals surface area contributed by atoms with E-state index >= 15 is 0 Å². The zero-order chi connectivity index (χ0) is 11.3. The van der Waals surface area contributed by atoms with Crippen LogP contribution in [-0.2, 0) is 12.5 Å². The average molecular weight is 231 g/mol. The Morgan fingerprint density at radius 2 is 2.19 bits per heavy atom. The van der Waals surface area contributed by atoms with Crippen molar-refractivity contribution in [1.82, 2.24) is 4.57 Å². The van der Waals surface area contributed by atoms with E-state index in [0.717, 1.165) is 34.3 Å². The molecule has 1 aliphatic rings. The van der Waals surface area contributed by atoms with Gasteiger partial charge in [0, 0.05) is 29.2 Å². The third-order valence-corrected chi connectivity index (χ3v) is 3.67. The summed E-state index contributed by atoms with van der Waals surface area (Å²) in [4.78, 5) is 0. The van der Waals surface area contributed by atoms with E-state index in [1.165, 1.54) is 0 Å². The molecule has 1 saturated carbocycles. The van der Waals surface area contributed by atoms with E-state index in [1.54, 1.807) is 0 Å². The summed E-state index contributed by atoms with van der Waals surface area (Å²) in [6.45, 7) is 0. The Bertz CT molecular complexity index is 615. The Balaban J connectivity index is 2.34. The highest BCUT2D eigenvalue weighted by atomic mass is 35.5. The lowest BCUT2D eigenvalue weighted by Crippen LogP contribution is -2.00. The first kappa shape index (κ1) is 9.74. The van der Waals surface area contributed by atoms with E-state index in [4.69, 9.17) is 11.6 Å². The number of halogens is 1. The maximum atomic E-state index is 9.26. The van der Waals surface area contributed by atoms with Gasteiger partial charge in [-0.1, -0.05) is 11.6 Å². The van der Waals surface area contributed by atoms with Gasteiger partial charge in [0.15, 0.2) is 0 Å². The van der Waals surface area contributed by atoms with Crippen LogP contribution in [0.3, 0.4) is 0 Å². The maximum Gasteiger partial charge on any atom is 0.0844 e.